The minimum atomic E-state index is -0.413. The highest BCUT2D eigenvalue weighted by atomic mass is 79.9. The van der Waals surface area contributed by atoms with E-state index in [0.29, 0.717) is 17.1 Å². The van der Waals surface area contributed by atoms with Gasteiger partial charge in [0, 0.05) is 19.4 Å². The third kappa shape index (κ3) is 4.91. The lowest BCUT2D eigenvalue weighted by Gasteiger charge is -2.12. The average Bonchev–Trinajstić information content (AvgIpc) is 2.48. The van der Waals surface area contributed by atoms with Crippen LogP contribution in [0, 0.1) is 0 Å². The molecular weight excluding hydrogens is 428 g/mol. The second kappa shape index (κ2) is 7.75. The van der Waals surface area contributed by atoms with Crippen LogP contribution < -0.4 is 9.47 Å². The fourth-order valence-electron chi connectivity index (χ4n) is 2.02. The smallest absolute Gasteiger partial charge is 0.308 e. The van der Waals surface area contributed by atoms with Crippen molar-refractivity contribution in [3.63, 3.8) is 0 Å². The van der Waals surface area contributed by atoms with Crippen molar-refractivity contribution < 1.29 is 19.1 Å². The van der Waals surface area contributed by atoms with E-state index in [1.54, 1.807) is 18.2 Å². The quantitative estimate of drug-likeness (QED) is 0.381. The highest BCUT2D eigenvalue weighted by Gasteiger charge is 2.12. The van der Waals surface area contributed by atoms with Gasteiger partial charge in [0.1, 0.15) is 11.5 Å². The largest absolute Gasteiger partial charge is 0.427 e. The number of carbonyl (C=O) groups is 2. The molecule has 0 heterocycles. The molecule has 4 nitrogen and oxygen atoms in total. The van der Waals surface area contributed by atoms with E-state index in [2.05, 4.69) is 31.9 Å². The number of halogens is 2. The lowest BCUT2D eigenvalue weighted by Crippen LogP contribution is -2.04. The van der Waals surface area contributed by atoms with Crippen LogP contribution in [-0.4, -0.2) is 11.9 Å². The SMILES string of the molecule is CC(=O)Oc1ccc(OC(C)=O)c(-c2ccc(C(Br)Br)cc2)c1. The molecule has 0 aliphatic rings. The van der Waals surface area contributed by atoms with E-state index < -0.39 is 11.9 Å². The molecule has 2 rings (SSSR count). The Kier molecular flexibility index (Phi) is 5.96. The summed E-state index contributed by atoms with van der Waals surface area (Å²) in [5.41, 5.74) is 2.57. The first-order chi connectivity index (χ1) is 10.9. The average molecular weight is 442 g/mol. The van der Waals surface area contributed by atoms with Crippen LogP contribution in [0.1, 0.15) is 23.1 Å². The predicted octanol–water partition coefficient (Wildman–Crippen LogP) is 4.99. The Morgan fingerprint density at radius 2 is 1.52 bits per heavy atom. The summed E-state index contributed by atoms with van der Waals surface area (Å²) in [6, 6.07) is 12.6. The van der Waals surface area contributed by atoms with Crippen LogP contribution in [-0.2, 0) is 9.59 Å². The maximum atomic E-state index is 11.3. The summed E-state index contributed by atoms with van der Waals surface area (Å²) in [7, 11) is 0. The van der Waals surface area contributed by atoms with Gasteiger partial charge in [-0.25, -0.2) is 0 Å². The van der Waals surface area contributed by atoms with Crippen LogP contribution in [0.2, 0.25) is 0 Å². The van der Waals surface area contributed by atoms with Crippen LogP contribution in [0.25, 0.3) is 11.1 Å². The number of hydrogen-bond acceptors (Lipinski definition) is 4. The van der Waals surface area contributed by atoms with E-state index in [-0.39, 0.29) is 3.74 Å². The zero-order chi connectivity index (χ0) is 17.0. The Labute approximate surface area is 151 Å². The van der Waals surface area contributed by atoms with Crippen molar-refractivity contribution in [3.8, 4) is 22.6 Å². The second-order valence-electron chi connectivity index (χ2n) is 4.77. The number of ether oxygens (including phenoxy) is 2. The lowest BCUT2D eigenvalue weighted by molar-refractivity contribution is -0.133. The van der Waals surface area contributed by atoms with E-state index >= 15 is 0 Å². The topological polar surface area (TPSA) is 52.6 Å². The van der Waals surface area contributed by atoms with Crippen molar-refractivity contribution in [3.05, 3.63) is 48.0 Å². The summed E-state index contributed by atoms with van der Waals surface area (Å²) in [6.07, 6.45) is 0. The maximum absolute atomic E-state index is 11.3. The molecule has 0 bridgehead atoms. The van der Waals surface area contributed by atoms with E-state index in [4.69, 9.17) is 9.47 Å². The Morgan fingerprint density at radius 3 is 2.04 bits per heavy atom. The minimum Gasteiger partial charge on any atom is -0.427 e. The van der Waals surface area contributed by atoms with E-state index in [9.17, 15) is 9.59 Å². The van der Waals surface area contributed by atoms with Gasteiger partial charge < -0.3 is 9.47 Å². The molecule has 2 aromatic rings. The molecule has 120 valence electrons. The van der Waals surface area contributed by atoms with Crippen molar-refractivity contribution in [1.82, 2.24) is 0 Å². The molecule has 0 spiro atoms. The molecule has 23 heavy (non-hydrogen) atoms. The summed E-state index contributed by atoms with van der Waals surface area (Å²) < 4.78 is 10.4. The summed E-state index contributed by atoms with van der Waals surface area (Å²) in [5, 5.41) is 0. The standard InChI is InChI=1S/C17H14Br2O4/c1-10(20)22-14-7-8-16(23-11(2)21)15(9-14)12-3-5-13(6-4-12)17(18)19/h3-9,17H,1-2H3. The zero-order valence-electron chi connectivity index (χ0n) is 12.5. The number of alkyl halides is 2. The first kappa shape index (κ1) is 17.7. The minimum absolute atomic E-state index is 0.0596. The molecule has 0 radical (unpaired) electrons. The molecule has 0 saturated heterocycles. The number of benzene rings is 2. The summed E-state index contributed by atoms with van der Waals surface area (Å²) >= 11 is 6.88. The van der Waals surface area contributed by atoms with Gasteiger partial charge in [0.15, 0.2) is 0 Å². The van der Waals surface area contributed by atoms with Gasteiger partial charge in [0.05, 0.1) is 3.74 Å². The first-order valence-corrected chi connectivity index (χ1v) is 8.59. The van der Waals surface area contributed by atoms with Crippen molar-refractivity contribution in [2.75, 3.05) is 0 Å². The Bertz CT molecular complexity index is 724. The van der Waals surface area contributed by atoms with Crippen LogP contribution >= 0.6 is 31.9 Å². The van der Waals surface area contributed by atoms with Gasteiger partial charge in [-0.1, -0.05) is 56.1 Å². The van der Waals surface area contributed by atoms with Gasteiger partial charge in [-0.2, -0.15) is 0 Å². The number of carbonyl (C=O) groups excluding carboxylic acids is 2. The molecule has 0 amide bonds. The van der Waals surface area contributed by atoms with Gasteiger partial charge in [0.2, 0.25) is 0 Å². The van der Waals surface area contributed by atoms with Crippen LogP contribution in [0.3, 0.4) is 0 Å². The highest BCUT2D eigenvalue weighted by Crippen LogP contribution is 2.36. The molecule has 2 aromatic carbocycles. The van der Waals surface area contributed by atoms with Gasteiger partial charge >= 0.3 is 11.9 Å². The number of hydrogen-bond donors (Lipinski definition) is 0. The van der Waals surface area contributed by atoms with E-state index in [1.807, 2.05) is 24.3 Å². The molecule has 0 aromatic heterocycles. The molecule has 0 atom stereocenters. The van der Waals surface area contributed by atoms with Crippen LogP contribution in [0.4, 0.5) is 0 Å². The van der Waals surface area contributed by atoms with Gasteiger partial charge in [-0.15, -0.1) is 0 Å². The van der Waals surface area contributed by atoms with Gasteiger partial charge in [0.25, 0.3) is 0 Å². The van der Waals surface area contributed by atoms with Crippen molar-refractivity contribution in [2.45, 2.75) is 17.6 Å². The van der Waals surface area contributed by atoms with Gasteiger partial charge in [-0.05, 0) is 29.3 Å². The fraction of sp³-hybridized carbons (Fsp3) is 0.176. The van der Waals surface area contributed by atoms with Crippen molar-refractivity contribution in [2.24, 2.45) is 0 Å². The van der Waals surface area contributed by atoms with Crippen molar-refractivity contribution in [1.29, 1.82) is 0 Å². The van der Waals surface area contributed by atoms with Gasteiger partial charge in [-0.3, -0.25) is 9.59 Å². The third-order valence-corrected chi connectivity index (χ3v) is 4.00. The fourth-order valence-corrected chi connectivity index (χ4v) is 2.63. The molecular formula is C17H14Br2O4. The van der Waals surface area contributed by atoms with Crippen molar-refractivity contribution >= 4 is 43.8 Å². The molecule has 0 unspecified atom stereocenters. The first-order valence-electron chi connectivity index (χ1n) is 6.76. The third-order valence-electron chi connectivity index (χ3n) is 2.94. The van der Waals surface area contributed by atoms with E-state index in [0.717, 1.165) is 11.1 Å². The number of rotatable bonds is 4. The molecule has 0 N–H and O–H groups in total. The Balaban J connectivity index is 2.46. The van der Waals surface area contributed by atoms with Crippen LogP contribution in [0.15, 0.2) is 42.5 Å². The molecule has 0 saturated carbocycles. The molecule has 6 heteroatoms. The Morgan fingerprint density at radius 1 is 0.913 bits per heavy atom. The predicted molar refractivity (Wildman–Crippen MR) is 95.1 cm³/mol. The Hall–Kier alpha value is -1.66. The summed E-state index contributed by atoms with van der Waals surface area (Å²) in [4.78, 5) is 22.4. The summed E-state index contributed by atoms with van der Waals surface area (Å²) in [6.45, 7) is 2.67. The molecule has 0 aliphatic carbocycles. The highest BCUT2D eigenvalue weighted by molar-refractivity contribution is 9.24. The lowest BCUT2D eigenvalue weighted by atomic mass is 10.0. The summed E-state index contributed by atoms with van der Waals surface area (Å²) in [5.74, 6) is -0.0150. The molecule has 0 fully saturated rings. The zero-order valence-corrected chi connectivity index (χ0v) is 15.7. The van der Waals surface area contributed by atoms with E-state index in [1.165, 1.54) is 13.8 Å². The normalized spacial score (nSPS) is 10.5. The number of esters is 2. The monoisotopic (exact) mass is 440 g/mol. The maximum Gasteiger partial charge on any atom is 0.308 e. The van der Waals surface area contributed by atoms with Crippen LogP contribution in [0.5, 0.6) is 11.5 Å². The molecule has 0 aliphatic heterocycles. The second-order valence-corrected chi connectivity index (χ2v) is 7.83.